The zero-order valence-corrected chi connectivity index (χ0v) is 14.9. The summed E-state index contributed by atoms with van der Waals surface area (Å²) in [4.78, 5) is 0. The van der Waals surface area contributed by atoms with Gasteiger partial charge in [-0.25, -0.2) is 0 Å². The molecule has 0 aromatic heterocycles. The molecule has 2 aromatic carbocycles. The van der Waals surface area contributed by atoms with E-state index in [0.717, 1.165) is 14.7 Å². The molecule has 4 heteroatoms. The number of nitrogens with one attached hydrogen (secondary N) is 1. The second-order valence-corrected chi connectivity index (χ2v) is 7.15. The van der Waals surface area contributed by atoms with Gasteiger partial charge in [-0.05, 0) is 61.3 Å². The summed E-state index contributed by atoms with van der Waals surface area (Å²) in [5.41, 5.74) is 2.42. The smallest absolute Gasteiger partial charge is 0.120 e. The second-order valence-electron chi connectivity index (χ2n) is 5.31. The highest BCUT2D eigenvalue weighted by atomic mass is 79.9. The molecule has 1 unspecified atom stereocenters. The van der Waals surface area contributed by atoms with Crippen molar-refractivity contribution in [3.8, 4) is 5.75 Å². The Morgan fingerprint density at radius 2 is 1.76 bits per heavy atom. The summed E-state index contributed by atoms with van der Waals surface area (Å²) in [7, 11) is 1.98. The number of ether oxygens (including phenoxy) is 1. The average molecular weight is 411 g/mol. The molecule has 1 aliphatic rings. The van der Waals surface area contributed by atoms with E-state index in [2.05, 4.69) is 67.5 Å². The molecule has 1 saturated carbocycles. The van der Waals surface area contributed by atoms with Crippen molar-refractivity contribution in [1.82, 2.24) is 5.32 Å². The van der Waals surface area contributed by atoms with Crippen molar-refractivity contribution in [2.24, 2.45) is 0 Å². The van der Waals surface area contributed by atoms with Crippen LogP contribution in [0.4, 0.5) is 0 Å². The van der Waals surface area contributed by atoms with E-state index in [1.165, 1.54) is 24.0 Å². The Hall–Kier alpha value is -0.840. The summed E-state index contributed by atoms with van der Waals surface area (Å²) >= 11 is 7.11. The van der Waals surface area contributed by atoms with Gasteiger partial charge in [-0.2, -0.15) is 0 Å². The second kappa shape index (κ2) is 6.51. The lowest BCUT2D eigenvalue weighted by Crippen LogP contribution is -2.17. The number of halogens is 2. The molecule has 0 heterocycles. The maximum absolute atomic E-state index is 5.90. The minimum absolute atomic E-state index is 0.140. The van der Waals surface area contributed by atoms with Crippen LogP contribution in [-0.4, -0.2) is 13.2 Å². The lowest BCUT2D eigenvalue weighted by molar-refractivity contribution is 0.302. The quantitative estimate of drug-likeness (QED) is 0.743. The molecule has 1 fully saturated rings. The molecule has 0 bridgehead atoms. The molecule has 2 aromatic rings. The maximum atomic E-state index is 5.90. The van der Waals surface area contributed by atoms with Gasteiger partial charge in [-0.1, -0.05) is 44.0 Å². The monoisotopic (exact) mass is 409 g/mol. The van der Waals surface area contributed by atoms with Crippen LogP contribution in [0.1, 0.15) is 30.0 Å². The lowest BCUT2D eigenvalue weighted by atomic mass is 9.99. The molecular weight excluding hydrogens is 394 g/mol. The van der Waals surface area contributed by atoms with Crippen LogP contribution in [0, 0.1) is 0 Å². The van der Waals surface area contributed by atoms with Gasteiger partial charge in [-0.3, -0.25) is 0 Å². The highest BCUT2D eigenvalue weighted by Gasteiger charge is 2.24. The summed E-state index contributed by atoms with van der Waals surface area (Å²) < 4.78 is 8.03. The maximum Gasteiger partial charge on any atom is 0.120 e. The normalized spacial score (nSPS) is 15.8. The zero-order chi connectivity index (χ0) is 14.8. The number of hydrogen-bond acceptors (Lipinski definition) is 2. The van der Waals surface area contributed by atoms with Crippen molar-refractivity contribution >= 4 is 31.9 Å². The Bertz CT molecular complexity index is 620. The van der Waals surface area contributed by atoms with E-state index in [1.54, 1.807) is 0 Å². The molecule has 0 spiro atoms. The van der Waals surface area contributed by atoms with Crippen LogP contribution >= 0.6 is 31.9 Å². The molecule has 0 amide bonds. The Morgan fingerprint density at radius 1 is 1.05 bits per heavy atom. The number of hydrogen-bond donors (Lipinski definition) is 1. The van der Waals surface area contributed by atoms with Crippen LogP contribution in [0.3, 0.4) is 0 Å². The molecule has 1 aliphatic carbocycles. The summed E-state index contributed by atoms with van der Waals surface area (Å²) in [5.74, 6) is 0.962. The van der Waals surface area contributed by atoms with E-state index >= 15 is 0 Å². The predicted octanol–water partition coefficient (Wildman–Crippen LogP) is 5.06. The third-order valence-corrected chi connectivity index (χ3v) is 4.44. The van der Waals surface area contributed by atoms with Crippen LogP contribution in [0.2, 0.25) is 0 Å². The van der Waals surface area contributed by atoms with Crippen molar-refractivity contribution in [3.05, 3.63) is 62.5 Å². The molecule has 21 heavy (non-hydrogen) atoms. The summed E-state index contributed by atoms with van der Waals surface area (Å²) in [5, 5.41) is 3.39. The Balaban J connectivity index is 1.91. The van der Waals surface area contributed by atoms with Gasteiger partial charge in [0.05, 0.1) is 12.1 Å². The number of benzene rings is 2. The van der Waals surface area contributed by atoms with E-state index in [4.69, 9.17) is 4.74 Å². The minimum atomic E-state index is 0.140. The Morgan fingerprint density at radius 3 is 2.38 bits per heavy atom. The predicted molar refractivity (Wildman–Crippen MR) is 92.8 cm³/mol. The van der Waals surface area contributed by atoms with Crippen molar-refractivity contribution in [2.75, 3.05) is 7.05 Å². The fraction of sp³-hybridized carbons (Fsp3) is 0.294. The van der Waals surface area contributed by atoms with E-state index in [0.29, 0.717) is 6.10 Å². The van der Waals surface area contributed by atoms with Gasteiger partial charge >= 0.3 is 0 Å². The third kappa shape index (κ3) is 3.87. The Kier molecular flexibility index (Phi) is 4.67. The van der Waals surface area contributed by atoms with Gasteiger partial charge < -0.3 is 10.1 Å². The van der Waals surface area contributed by atoms with E-state index in [9.17, 15) is 0 Å². The van der Waals surface area contributed by atoms with Crippen LogP contribution < -0.4 is 10.1 Å². The van der Waals surface area contributed by atoms with Crippen LogP contribution in [0.5, 0.6) is 5.75 Å². The first-order valence-electron chi connectivity index (χ1n) is 7.05. The van der Waals surface area contributed by atoms with Crippen molar-refractivity contribution in [2.45, 2.75) is 25.0 Å². The van der Waals surface area contributed by atoms with E-state index in [-0.39, 0.29) is 6.04 Å². The largest absolute Gasteiger partial charge is 0.490 e. The first-order valence-corrected chi connectivity index (χ1v) is 8.64. The van der Waals surface area contributed by atoms with Crippen LogP contribution in [0.15, 0.2) is 51.4 Å². The highest BCUT2D eigenvalue weighted by molar-refractivity contribution is 9.11. The van der Waals surface area contributed by atoms with Crippen molar-refractivity contribution in [3.63, 3.8) is 0 Å². The SMILES string of the molecule is CNC(c1cc(Br)cc(Br)c1)c1cccc(OC2CC2)c1. The molecule has 1 atom stereocenters. The van der Waals surface area contributed by atoms with Gasteiger partial charge in [-0.15, -0.1) is 0 Å². The van der Waals surface area contributed by atoms with Gasteiger partial charge in [0.1, 0.15) is 5.75 Å². The fourth-order valence-corrected chi connectivity index (χ4v) is 3.74. The zero-order valence-electron chi connectivity index (χ0n) is 11.8. The minimum Gasteiger partial charge on any atom is -0.490 e. The topological polar surface area (TPSA) is 21.3 Å². The van der Waals surface area contributed by atoms with Gasteiger partial charge in [0.15, 0.2) is 0 Å². The van der Waals surface area contributed by atoms with E-state index in [1.807, 2.05) is 19.2 Å². The molecule has 0 saturated heterocycles. The third-order valence-electron chi connectivity index (χ3n) is 3.53. The van der Waals surface area contributed by atoms with Crippen molar-refractivity contribution in [1.29, 1.82) is 0 Å². The molecule has 0 aliphatic heterocycles. The van der Waals surface area contributed by atoms with Crippen LogP contribution in [0.25, 0.3) is 0 Å². The van der Waals surface area contributed by atoms with Crippen molar-refractivity contribution < 1.29 is 4.74 Å². The first-order chi connectivity index (χ1) is 10.2. The van der Waals surface area contributed by atoms with Gasteiger partial charge in [0, 0.05) is 8.95 Å². The summed E-state index contributed by atoms with van der Waals surface area (Å²) in [6, 6.07) is 14.8. The Labute approximate surface area is 142 Å². The summed E-state index contributed by atoms with van der Waals surface area (Å²) in [6.07, 6.45) is 2.78. The van der Waals surface area contributed by atoms with Gasteiger partial charge in [0.25, 0.3) is 0 Å². The first kappa shape index (κ1) is 15.1. The van der Waals surface area contributed by atoms with E-state index < -0.39 is 0 Å². The lowest BCUT2D eigenvalue weighted by Gasteiger charge is -2.19. The van der Waals surface area contributed by atoms with Gasteiger partial charge in [0.2, 0.25) is 0 Å². The molecular formula is C17H17Br2NO. The molecule has 2 nitrogen and oxygen atoms in total. The fourth-order valence-electron chi connectivity index (χ4n) is 2.41. The highest BCUT2D eigenvalue weighted by Crippen LogP contribution is 2.31. The average Bonchev–Trinajstić information content (AvgIpc) is 3.23. The molecule has 0 radical (unpaired) electrons. The molecule has 3 rings (SSSR count). The molecule has 110 valence electrons. The standard InChI is InChI=1S/C17H17Br2NO/c1-20-17(12-7-13(18)10-14(19)8-12)11-3-2-4-16(9-11)21-15-5-6-15/h2-4,7-10,15,17,20H,5-6H2,1H3. The summed E-state index contributed by atoms with van der Waals surface area (Å²) in [6.45, 7) is 0. The number of rotatable bonds is 5. The molecule has 1 N–H and O–H groups in total. The van der Waals surface area contributed by atoms with Crippen LogP contribution in [-0.2, 0) is 0 Å².